The zero-order chi connectivity index (χ0) is 15.6. The Kier molecular flexibility index (Phi) is 5.49. The maximum atomic E-state index is 12.2. The van der Waals surface area contributed by atoms with Crippen molar-refractivity contribution in [2.75, 3.05) is 25.0 Å². The van der Waals surface area contributed by atoms with Crippen LogP contribution in [0.15, 0.2) is 12.1 Å². The van der Waals surface area contributed by atoms with E-state index in [1.165, 1.54) is 4.90 Å². The number of rotatable bonds is 3. The summed E-state index contributed by atoms with van der Waals surface area (Å²) in [6.07, 6.45) is 0.338. The maximum Gasteiger partial charge on any atom is 0.279 e. The van der Waals surface area contributed by atoms with Gasteiger partial charge in [-0.2, -0.15) is 0 Å². The topological polar surface area (TPSA) is 42.8 Å². The van der Waals surface area contributed by atoms with Gasteiger partial charge in [0.15, 0.2) is 6.54 Å². The number of halogens is 2. The Balaban J connectivity index is 2.01. The van der Waals surface area contributed by atoms with Crippen LogP contribution in [0.1, 0.15) is 19.4 Å². The van der Waals surface area contributed by atoms with Crippen LogP contribution >= 0.6 is 23.2 Å². The van der Waals surface area contributed by atoms with E-state index in [9.17, 15) is 4.79 Å². The number of ether oxygens (including phenoxy) is 1. The maximum absolute atomic E-state index is 12.2. The van der Waals surface area contributed by atoms with Crippen LogP contribution < -0.4 is 10.2 Å². The molecule has 21 heavy (non-hydrogen) atoms. The van der Waals surface area contributed by atoms with Gasteiger partial charge in [0.05, 0.1) is 15.7 Å². The van der Waals surface area contributed by atoms with Gasteiger partial charge in [-0.3, -0.25) is 4.79 Å². The lowest BCUT2D eigenvalue weighted by molar-refractivity contribution is -0.907. The molecule has 0 bridgehead atoms. The monoisotopic (exact) mass is 331 g/mol. The highest BCUT2D eigenvalue weighted by molar-refractivity contribution is 6.40. The number of nitrogens with one attached hydrogen (secondary N) is 2. The number of benzene rings is 1. The number of morpholine rings is 1. The molecule has 0 aliphatic carbocycles. The van der Waals surface area contributed by atoms with Crippen molar-refractivity contribution < 1.29 is 14.4 Å². The summed E-state index contributed by atoms with van der Waals surface area (Å²) in [5.74, 6) is -0.0827. The van der Waals surface area contributed by atoms with Crippen molar-refractivity contribution in [2.24, 2.45) is 0 Å². The van der Waals surface area contributed by atoms with Gasteiger partial charge in [0.1, 0.15) is 25.3 Å². The molecule has 4 nitrogen and oxygen atoms in total. The molecule has 6 heteroatoms. The summed E-state index contributed by atoms with van der Waals surface area (Å²) in [6.45, 7) is 7.98. The van der Waals surface area contributed by atoms with Crippen molar-refractivity contribution in [3.05, 3.63) is 27.7 Å². The van der Waals surface area contributed by atoms with Gasteiger partial charge < -0.3 is 15.0 Å². The smallest absolute Gasteiger partial charge is 0.279 e. The lowest BCUT2D eigenvalue weighted by Gasteiger charge is -2.32. The molecule has 0 radical (unpaired) electrons. The minimum atomic E-state index is -0.0827. The molecule has 0 spiro atoms. The van der Waals surface area contributed by atoms with Crippen LogP contribution in [0.25, 0.3) is 0 Å². The standard InChI is InChI=1S/C15H20Cl2N2O2/c1-9-4-5-12(16)15(14(9)17)18-13(20)8-19-6-10(2)21-11(3)7-19/h4-5,10-11H,6-8H2,1-3H3,(H,18,20)/p+1/t10-,11-/m1/s1. The largest absolute Gasteiger partial charge is 0.364 e. The third kappa shape index (κ3) is 4.33. The van der Waals surface area contributed by atoms with Crippen LogP contribution in [-0.4, -0.2) is 37.7 Å². The highest BCUT2D eigenvalue weighted by atomic mass is 35.5. The first-order chi connectivity index (χ1) is 9.86. The van der Waals surface area contributed by atoms with Crippen molar-refractivity contribution >= 4 is 34.8 Å². The average Bonchev–Trinajstić information content (AvgIpc) is 2.38. The van der Waals surface area contributed by atoms with Gasteiger partial charge in [-0.15, -0.1) is 0 Å². The van der Waals surface area contributed by atoms with Crippen LogP contribution in [0.4, 0.5) is 5.69 Å². The predicted octanol–water partition coefficient (Wildman–Crippen LogP) is 1.93. The fraction of sp³-hybridized carbons (Fsp3) is 0.533. The number of carbonyl (C=O) groups excluding carboxylic acids is 1. The van der Waals surface area contributed by atoms with E-state index < -0.39 is 0 Å². The molecule has 0 unspecified atom stereocenters. The highest BCUT2D eigenvalue weighted by Gasteiger charge is 2.27. The molecule has 116 valence electrons. The van der Waals surface area contributed by atoms with Crippen LogP contribution in [-0.2, 0) is 9.53 Å². The molecule has 2 rings (SSSR count). The van der Waals surface area contributed by atoms with Gasteiger partial charge in [0.2, 0.25) is 0 Å². The number of amides is 1. The zero-order valence-electron chi connectivity index (χ0n) is 12.5. The Hall–Kier alpha value is -0.810. The molecule has 1 aromatic carbocycles. The van der Waals surface area contributed by atoms with E-state index in [4.69, 9.17) is 27.9 Å². The first-order valence-corrected chi connectivity index (χ1v) is 7.86. The summed E-state index contributed by atoms with van der Waals surface area (Å²) in [5, 5.41) is 3.78. The number of hydrogen-bond donors (Lipinski definition) is 2. The molecule has 1 fully saturated rings. The first-order valence-electron chi connectivity index (χ1n) is 7.10. The van der Waals surface area contributed by atoms with Crippen LogP contribution in [0.2, 0.25) is 10.0 Å². The van der Waals surface area contributed by atoms with E-state index in [1.807, 2.05) is 26.8 Å². The second kappa shape index (κ2) is 6.97. The Morgan fingerprint density at radius 1 is 1.33 bits per heavy atom. The van der Waals surface area contributed by atoms with E-state index in [2.05, 4.69) is 5.32 Å². The second-order valence-corrected chi connectivity index (χ2v) is 6.48. The molecule has 1 aliphatic rings. The third-order valence-corrected chi connectivity index (χ3v) is 4.38. The Morgan fingerprint density at radius 2 is 1.95 bits per heavy atom. The van der Waals surface area contributed by atoms with Gasteiger partial charge in [-0.1, -0.05) is 29.3 Å². The lowest BCUT2D eigenvalue weighted by atomic mass is 10.2. The SMILES string of the molecule is Cc1ccc(Cl)c(NC(=O)C[NH+]2C[C@@H](C)O[C@H](C)C2)c1Cl. The van der Waals surface area contributed by atoms with E-state index in [0.717, 1.165) is 18.7 Å². The van der Waals surface area contributed by atoms with E-state index >= 15 is 0 Å². The average molecular weight is 332 g/mol. The molecular weight excluding hydrogens is 311 g/mol. The van der Waals surface area contributed by atoms with Crippen molar-refractivity contribution in [1.82, 2.24) is 0 Å². The first kappa shape index (κ1) is 16.6. The minimum Gasteiger partial charge on any atom is -0.364 e. The molecule has 1 heterocycles. The molecule has 1 aromatic rings. The van der Waals surface area contributed by atoms with Gasteiger partial charge >= 0.3 is 0 Å². The number of aryl methyl sites for hydroxylation is 1. The molecule has 0 aromatic heterocycles. The number of quaternary nitrogens is 1. The van der Waals surface area contributed by atoms with E-state index in [0.29, 0.717) is 22.3 Å². The van der Waals surface area contributed by atoms with Gasteiger partial charge in [-0.25, -0.2) is 0 Å². The summed E-state index contributed by atoms with van der Waals surface area (Å²) < 4.78 is 5.68. The normalized spacial score (nSPS) is 25.7. The molecule has 1 aliphatic heterocycles. The summed E-state index contributed by atoms with van der Waals surface area (Å²) >= 11 is 12.3. The van der Waals surface area contributed by atoms with Crippen molar-refractivity contribution in [1.29, 1.82) is 0 Å². The minimum absolute atomic E-state index is 0.0827. The predicted molar refractivity (Wildman–Crippen MR) is 85.4 cm³/mol. The number of anilines is 1. The third-order valence-electron chi connectivity index (χ3n) is 3.58. The summed E-state index contributed by atoms with van der Waals surface area (Å²) in [5.41, 5.74) is 1.38. The molecule has 1 saturated heterocycles. The van der Waals surface area contributed by atoms with E-state index in [-0.39, 0.29) is 18.1 Å². The Bertz CT molecular complexity index is 527. The van der Waals surface area contributed by atoms with Gasteiger partial charge in [0.25, 0.3) is 5.91 Å². The van der Waals surface area contributed by atoms with Crippen molar-refractivity contribution in [3.63, 3.8) is 0 Å². The van der Waals surface area contributed by atoms with Crippen LogP contribution in [0.3, 0.4) is 0 Å². The molecule has 1 amide bonds. The Morgan fingerprint density at radius 3 is 2.57 bits per heavy atom. The highest BCUT2D eigenvalue weighted by Crippen LogP contribution is 2.32. The number of hydrogen-bond acceptors (Lipinski definition) is 2. The molecule has 2 atom stereocenters. The van der Waals surface area contributed by atoms with Gasteiger partial charge in [-0.05, 0) is 32.4 Å². The lowest BCUT2D eigenvalue weighted by Crippen LogP contribution is -3.16. The molecule has 2 N–H and O–H groups in total. The zero-order valence-corrected chi connectivity index (χ0v) is 14.0. The second-order valence-electron chi connectivity index (χ2n) is 5.69. The summed E-state index contributed by atoms with van der Waals surface area (Å²) in [7, 11) is 0. The van der Waals surface area contributed by atoms with Gasteiger partial charge in [0, 0.05) is 0 Å². The Labute approximate surface area is 135 Å². The molecule has 0 saturated carbocycles. The van der Waals surface area contributed by atoms with Crippen LogP contribution in [0.5, 0.6) is 0 Å². The quantitative estimate of drug-likeness (QED) is 0.888. The molecular formula is C15H21Cl2N2O2+. The number of carbonyl (C=O) groups is 1. The van der Waals surface area contributed by atoms with E-state index in [1.54, 1.807) is 6.07 Å². The summed E-state index contributed by atoms with van der Waals surface area (Å²) in [6, 6.07) is 3.57. The van der Waals surface area contributed by atoms with Crippen molar-refractivity contribution in [3.8, 4) is 0 Å². The summed E-state index contributed by atoms with van der Waals surface area (Å²) in [4.78, 5) is 13.4. The van der Waals surface area contributed by atoms with Crippen LogP contribution in [0, 0.1) is 6.92 Å². The fourth-order valence-electron chi connectivity index (χ4n) is 2.72. The fourth-order valence-corrected chi connectivity index (χ4v) is 3.18. The van der Waals surface area contributed by atoms with Crippen molar-refractivity contribution in [2.45, 2.75) is 33.0 Å².